The summed E-state index contributed by atoms with van der Waals surface area (Å²) < 4.78 is 5.93. The number of nitrogens with zero attached hydrogens (tertiary/aromatic N) is 1. The molecule has 0 aliphatic carbocycles. The molecule has 4 heteroatoms. The summed E-state index contributed by atoms with van der Waals surface area (Å²) in [5, 5.41) is 0.871. The Kier molecular flexibility index (Phi) is 3.56. The smallest absolute Gasteiger partial charge is 0.252 e. The first kappa shape index (κ1) is 14.2. The number of pyridine rings is 2. The molecule has 2 aromatic carbocycles. The van der Waals surface area contributed by atoms with Gasteiger partial charge in [-0.3, -0.25) is 9.78 Å². The Morgan fingerprint density at radius 1 is 0.833 bits per heavy atom. The molecule has 0 saturated heterocycles. The predicted molar refractivity (Wildman–Crippen MR) is 94.3 cm³/mol. The van der Waals surface area contributed by atoms with Crippen LogP contribution in [0.25, 0.3) is 22.0 Å². The fourth-order valence-corrected chi connectivity index (χ4v) is 2.64. The van der Waals surface area contributed by atoms with Gasteiger partial charge in [-0.1, -0.05) is 24.3 Å². The van der Waals surface area contributed by atoms with E-state index in [1.807, 2.05) is 60.7 Å². The minimum Gasteiger partial charge on any atom is -0.456 e. The van der Waals surface area contributed by atoms with Crippen LogP contribution in [0.4, 0.5) is 0 Å². The quantitative estimate of drug-likeness (QED) is 0.610. The lowest BCUT2D eigenvalue weighted by atomic mass is 10.1. The number of aromatic amines is 1. The van der Waals surface area contributed by atoms with Crippen molar-refractivity contribution in [2.24, 2.45) is 0 Å². The lowest BCUT2D eigenvalue weighted by molar-refractivity contribution is 0.487. The van der Waals surface area contributed by atoms with Gasteiger partial charge in [-0.25, -0.2) is 0 Å². The fraction of sp³-hybridized carbons (Fsp3) is 0. The lowest BCUT2D eigenvalue weighted by Crippen LogP contribution is -2.04. The largest absolute Gasteiger partial charge is 0.456 e. The van der Waals surface area contributed by atoms with Crippen molar-refractivity contribution in [1.82, 2.24) is 9.97 Å². The van der Waals surface area contributed by atoms with Crippen LogP contribution in [0.3, 0.4) is 0 Å². The van der Waals surface area contributed by atoms with Gasteiger partial charge in [0.2, 0.25) is 0 Å². The van der Waals surface area contributed by atoms with Gasteiger partial charge in [-0.15, -0.1) is 0 Å². The summed E-state index contributed by atoms with van der Waals surface area (Å²) >= 11 is 0. The molecule has 0 amide bonds. The van der Waals surface area contributed by atoms with Crippen molar-refractivity contribution >= 4 is 10.9 Å². The Hall–Kier alpha value is -3.40. The van der Waals surface area contributed by atoms with Crippen molar-refractivity contribution < 1.29 is 4.74 Å². The van der Waals surface area contributed by atoms with Gasteiger partial charge in [0.1, 0.15) is 11.5 Å². The second-order valence-electron chi connectivity index (χ2n) is 5.41. The Bertz CT molecular complexity index is 1040. The molecule has 0 fully saturated rings. The molecule has 4 aromatic rings. The molecule has 2 heterocycles. The Morgan fingerprint density at radius 3 is 2.33 bits per heavy atom. The summed E-state index contributed by atoms with van der Waals surface area (Å²) in [4.78, 5) is 18.6. The van der Waals surface area contributed by atoms with E-state index in [2.05, 4.69) is 9.97 Å². The number of para-hydroxylation sites is 1. The molecule has 4 nitrogen and oxygen atoms in total. The highest BCUT2D eigenvalue weighted by Gasteiger charge is 2.06. The van der Waals surface area contributed by atoms with E-state index in [1.54, 1.807) is 12.4 Å². The van der Waals surface area contributed by atoms with Crippen molar-refractivity contribution in [1.29, 1.82) is 0 Å². The second-order valence-corrected chi connectivity index (χ2v) is 5.41. The Morgan fingerprint density at radius 2 is 1.54 bits per heavy atom. The number of H-pyrrole nitrogens is 1. The third-order valence-corrected chi connectivity index (χ3v) is 3.81. The normalized spacial score (nSPS) is 10.7. The number of nitrogens with one attached hydrogen (secondary N) is 1. The highest BCUT2D eigenvalue weighted by atomic mass is 16.5. The van der Waals surface area contributed by atoms with Gasteiger partial charge in [0.25, 0.3) is 5.56 Å². The van der Waals surface area contributed by atoms with Crippen molar-refractivity contribution in [3.8, 4) is 22.6 Å². The molecule has 0 atom stereocenters. The third-order valence-electron chi connectivity index (χ3n) is 3.81. The number of hydrogen-bond acceptors (Lipinski definition) is 3. The number of fused-ring (bicyclic) bond motifs is 1. The van der Waals surface area contributed by atoms with Gasteiger partial charge in [-0.05, 0) is 47.5 Å². The predicted octanol–water partition coefficient (Wildman–Crippen LogP) is 4.38. The Balaban J connectivity index is 1.68. The highest BCUT2D eigenvalue weighted by molar-refractivity contribution is 5.84. The van der Waals surface area contributed by atoms with E-state index in [1.165, 1.54) is 6.07 Å². The van der Waals surface area contributed by atoms with Crippen LogP contribution in [0.5, 0.6) is 11.5 Å². The highest BCUT2D eigenvalue weighted by Crippen LogP contribution is 2.29. The Labute approximate surface area is 138 Å². The molecule has 2 aromatic heterocycles. The first-order valence-corrected chi connectivity index (χ1v) is 7.60. The molecule has 0 aliphatic rings. The van der Waals surface area contributed by atoms with E-state index in [4.69, 9.17) is 4.74 Å². The zero-order chi connectivity index (χ0) is 16.4. The summed E-state index contributed by atoms with van der Waals surface area (Å²) in [6.07, 6.45) is 3.53. The number of benzene rings is 2. The summed E-state index contributed by atoms with van der Waals surface area (Å²) in [7, 11) is 0. The van der Waals surface area contributed by atoms with Crippen LogP contribution in [-0.2, 0) is 0 Å². The monoisotopic (exact) mass is 314 g/mol. The zero-order valence-electron chi connectivity index (χ0n) is 12.8. The fourth-order valence-electron chi connectivity index (χ4n) is 2.64. The van der Waals surface area contributed by atoms with Crippen molar-refractivity contribution in [3.63, 3.8) is 0 Å². The summed E-state index contributed by atoms with van der Waals surface area (Å²) in [5.74, 6) is 1.23. The van der Waals surface area contributed by atoms with Gasteiger partial charge in [0.15, 0.2) is 0 Å². The van der Waals surface area contributed by atoms with E-state index in [0.717, 1.165) is 22.0 Å². The number of aromatic nitrogens is 2. The van der Waals surface area contributed by atoms with Crippen LogP contribution in [0.2, 0.25) is 0 Å². The molecule has 4 rings (SSSR count). The molecule has 1 N–H and O–H groups in total. The van der Waals surface area contributed by atoms with Crippen molar-refractivity contribution in [3.05, 3.63) is 89.5 Å². The minimum atomic E-state index is -0.183. The second kappa shape index (κ2) is 6.01. The van der Waals surface area contributed by atoms with Crippen molar-refractivity contribution in [2.45, 2.75) is 0 Å². The first-order valence-electron chi connectivity index (χ1n) is 7.60. The van der Waals surface area contributed by atoms with E-state index in [9.17, 15) is 4.79 Å². The average Bonchev–Trinajstić information content (AvgIpc) is 2.63. The third kappa shape index (κ3) is 2.77. The van der Waals surface area contributed by atoms with E-state index in [0.29, 0.717) is 11.5 Å². The maximum atomic E-state index is 11.8. The molecule has 116 valence electrons. The molecule has 0 aliphatic heterocycles. The van der Waals surface area contributed by atoms with Crippen LogP contribution in [0, 0.1) is 0 Å². The molecular formula is C20H14N2O2. The maximum Gasteiger partial charge on any atom is 0.252 e. The number of rotatable bonds is 3. The SMILES string of the molecule is O=c1cc(Oc2ccc(-c3ccncc3)cc2)c2ccccc2[nH]1. The summed E-state index contributed by atoms with van der Waals surface area (Å²) in [6, 6.07) is 20.7. The molecule has 24 heavy (non-hydrogen) atoms. The minimum absolute atomic E-state index is 0.183. The maximum absolute atomic E-state index is 11.8. The molecule has 0 bridgehead atoms. The molecule has 0 saturated carbocycles. The summed E-state index contributed by atoms with van der Waals surface area (Å²) in [5.41, 5.74) is 2.75. The molecule has 0 radical (unpaired) electrons. The topological polar surface area (TPSA) is 55.0 Å². The van der Waals surface area contributed by atoms with Gasteiger partial charge < -0.3 is 9.72 Å². The standard InChI is InChI=1S/C20H14N2O2/c23-20-13-19(17-3-1-2-4-18(17)22-20)24-16-7-5-14(6-8-16)15-9-11-21-12-10-15/h1-13H,(H,22,23). The number of ether oxygens (including phenoxy) is 1. The summed E-state index contributed by atoms with van der Waals surface area (Å²) in [6.45, 7) is 0. The molecular weight excluding hydrogens is 300 g/mol. The first-order chi connectivity index (χ1) is 11.8. The van der Waals surface area contributed by atoms with Crippen LogP contribution < -0.4 is 10.3 Å². The van der Waals surface area contributed by atoms with E-state index < -0.39 is 0 Å². The lowest BCUT2D eigenvalue weighted by Gasteiger charge is -2.09. The molecule has 0 unspecified atom stereocenters. The van der Waals surface area contributed by atoms with Gasteiger partial charge in [-0.2, -0.15) is 0 Å². The van der Waals surface area contributed by atoms with Crippen LogP contribution in [-0.4, -0.2) is 9.97 Å². The average molecular weight is 314 g/mol. The zero-order valence-corrected chi connectivity index (χ0v) is 12.8. The molecule has 0 spiro atoms. The van der Waals surface area contributed by atoms with Gasteiger partial charge >= 0.3 is 0 Å². The van der Waals surface area contributed by atoms with Gasteiger partial charge in [0.05, 0.1) is 5.52 Å². The van der Waals surface area contributed by atoms with E-state index >= 15 is 0 Å². The van der Waals surface area contributed by atoms with Crippen LogP contribution >= 0.6 is 0 Å². The van der Waals surface area contributed by atoms with Crippen LogP contribution in [0.15, 0.2) is 83.9 Å². The van der Waals surface area contributed by atoms with Crippen LogP contribution in [0.1, 0.15) is 0 Å². The number of hydrogen-bond donors (Lipinski definition) is 1. The van der Waals surface area contributed by atoms with E-state index in [-0.39, 0.29) is 5.56 Å². The van der Waals surface area contributed by atoms with Gasteiger partial charge in [0, 0.05) is 23.8 Å². The van der Waals surface area contributed by atoms with Crippen molar-refractivity contribution in [2.75, 3.05) is 0 Å².